The number of aromatic nitrogens is 1. The minimum atomic E-state index is -4.66. The summed E-state index contributed by atoms with van der Waals surface area (Å²) < 4.78 is 40.4. The van der Waals surface area contributed by atoms with Crippen molar-refractivity contribution in [2.24, 2.45) is 0 Å². The Morgan fingerprint density at radius 2 is 2.06 bits per heavy atom. The maximum absolute atomic E-state index is 12.2. The van der Waals surface area contributed by atoms with Crippen LogP contribution in [-0.2, 0) is 6.42 Å². The molecule has 0 saturated carbocycles. The van der Waals surface area contributed by atoms with Crippen LogP contribution in [0.4, 0.5) is 13.2 Å². The van der Waals surface area contributed by atoms with E-state index in [-0.39, 0.29) is 5.75 Å². The predicted molar refractivity (Wildman–Crippen MR) is 61.2 cm³/mol. The number of ether oxygens (including phenoxy) is 1. The van der Waals surface area contributed by atoms with E-state index < -0.39 is 6.36 Å². The Bertz CT molecular complexity index is 560. The molecule has 0 atom stereocenters. The Morgan fingerprint density at radius 1 is 1.33 bits per heavy atom. The van der Waals surface area contributed by atoms with Gasteiger partial charge in [0, 0.05) is 23.0 Å². The lowest BCUT2D eigenvalue weighted by molar-refractivity contribution is -0.366. The minimum Gasteiger partial charge on any atom is -0.406 e. The van der Waals surface area contributed by atoms with E-state index >= 15 is 0 Å². The molecule has 18 heavy (non-hydrogen) atoms. The van der Waals surface area contributed by atoms with Crippen LogP contribution in [0.1, 0.15) is 11.3 Å². The molecule has 1 aromatic carbocycles. The molecule has 0 radical (unpaired) electrons. The summed E-state index contributed by atoms with van der Waals surface area (Å²) in [5.41, 5.74) is 6.53. The van der Waals surface area contributed by atoms with Crippen LogP contribution in [0, 0.1) is 6.92 Å². The number of rotatable bonds is 3. The van der Waals surface area contributed by atoms with Crippen LogP contribution in [0.15, 0.2) is 18.2 Å². The van der Waals surface area contributed by atoms with Gasteiger partial charge < -0.3 is 15.5 Å². The zero-order chi connectivity index (χ0) is 13.3. The number of aryl methyl sites for hydroxylation is 1. The number of hydrogen-bond donors (Lipinski definition) is 2. The SMILES string of the molecule is Cc1[nH]c2ccc(OC(F)(F)F)cc2c1CC[NH3+]. The molecule has 4 N–H and O–H groups in total. The van der Waals surface area contributed by atoms with E-state index in [9.17, 15) is 13.2 Å². The van der Waals surface area contributed by atoms with Gasteiger partial charge in [0.1, 0.15) is 5.75 Å². The molecule has 2 aromatic rings. The maximum atomic E-state index is 12.2. The van der Waals surface area contributed by atoms with E-state index in [0.717, 1.165) is 28.6 Å². The maximum Gasteiger partial charge on any atom is 0.573 e. The monoisotopic (exact) mass is 259 g/mol. The minimum absolute atomic E-state index is 0.195. The van der Waals surface area contributed by atoms with Crippen LogP contribution in [0.25, 0.3) is 10.9 Å². The highest BCUT2D eigenvalue weighted by Crippen LogP contribution is 2.29. The van der Waals surface area contributed by atoms with Crippen LogP contribution < -0.4 is 10.5 Å². The van der Waals surface area contributed by atoms with E-state index in [1.54, 1.807) is 6.07 Å². The molecule has 98 valence electrons. The summed E-state index contributed by atoms with van der Waals surface area (Å²) in [7, 11) is 0. The molecule has 0 spiro atoms. The van der Waals surface area contributed by atoms with Crippen LogP contribution in [0.2, 0.25) is 0 Å². The average Bonchev–Trinajstić information content (AvgIpc) is 2.54. The highest BCUT2D eigenvalue weighted by Gasteiger charge is 2.31. The summed E-state index contributed by atoms with van der Waals surface area (Å²) in [6, 6.07) is 4.31. The van der Waals surface area contributed by atoms with E-state index in [0.29, 0.717) is 6.54 Å². The lowest BCUT2D eigenvalue weighted by Crippen LogP contribution is -2.51. The van der Waals surface area contributed by atoms with E-state index in [4.69, 9.17) is 0 Å². The molecule has 0 saturated heterocycles. The number of alkyl halides is 3. The number of aromatic amines is 1. The molecular weight excluding hydrogens is 245 g/mol. The van der Waals surface area contributed by atoms with Crippen molar-refractivity contribution in [3.63, 3.8) is 0 Å². The van der Waals surface area contributed by atoms with Gasteiger partial charge in [0.25, 0.3) is 0 Å². The molecule has 0 aliphatic carbocycles. The molecule has 0 unspecified atom stereocenters. The van der Waals surface area contributed by atoms with Gasteiger partial charge in [0.05, 0.1) is 6.54 Å². The molecule has 0 bridgehead atoms. The van der Waals surface area contributed by atoms with Crippen molar-refractivity contribution in [2.75, 3.05) is 6.54 Å². The first kappa shape index (κ1) is 12.8. The van der Waals surface area contributed by atoms with Crippen molar-refractivity contribution < 1.29 is 23.6 Å². The fourth-order valence-electron chi connectivity index (χ4n) is 2.06. The van der Waals surface area contributed by atoms with Crippen molar-refractivity contribution in [2.45, 2.75) is 19.7 Å². The van der Waals surface area contributed by atoms with Gasteiger partial charge >= 0.3 is 6.36 Å². The standard InChI is InChI=1S/C12H13F3N2O/c1-7-9(4-5-16)10-6-8(18-12(13,14)15)2-3-11(10)17-7/h2-3,6,17H,4-5,16H2,1H3/p+1. The second kappa shape index (κ2) is 4.53. The summed E-state index contributed by atoms with van der Waals surface area (Å²) in [5, 5.41) is 0.762. The fourth-order valence-corrected chi connectivity index (χ4v) is 2.06. The van der Waals surface area contributed by atoms with Gasteiger partial charge in [-0.05, 0) is 30.7 Å². The Labute approximate surface area is 102 Å². The summed E-state index contributed by atoms with van der Waals surface area (Å²) in [5.74, 6) is -0.195. The average molecular weight is 259 g/mol. The van der Waals surface area contributed by atoms with Crippen LogP contribution in [-0.4, -0.2) is 17.9 Å². The molecule has 0 fully saturated rings. The molecule has 0 aliphatic heterocycles. The van der Waals surface area contributed by atoms with Crippen molar-refractivity contribution in [1.82, 2.24) is 4.98 Å². The predicted octanol–water partition coefficient (Wildman–Crippen LogP) is 2.16. The van der Waals surface area contributed by atoms with E-state index in [2.05, 4.69) is 15.5 Å². The second-order valence-corrected chi connectivity index (χ2v) is 4.09. The van der Waals surface area contributed by atoms with Crippen LogP contribution in [0.3, 0.4) is 0 Å². The Hall–Kier alpha value is -1.69. The van der Waals surface area contributed by atoms with Crippen molar-refractivity contribution in [3.05, 3.63) is 29.5 Å². The van der Waals surface area contributed by atoms with Gasteiger partial charge in [-0.25, -0.2) is 0 Å². The molecule has 3 nitrogen and oxygen atoms in total. The van der Waals surface area contributed by atoms with Crippen molar-refractivity contribution >= 4 is 10.9 Å². The lowest BCUT2D eigenvalue weighted by atomic mass is 10.1. The zero-order valence-electron chi connectivity index (χ0n) is 9.90. The third kappa shape index (κ3) is 2.59. The molecule has 1 aromatic heterocycles. The van der Waals surface area contributed by atoms with Gasteiger partial charge in [-0.1, -0.05) is 0 Å². The third-order valence-electron chi connectivity index (χ3n) is 2.75. The number of benzene rings is 1. The summed E-state index contributed by atoms with van der Waals surface area (Å²) in [4.78, 5) is 3.14. The third-order valence-corrected chi connectivity index (χ3v) is 2.75. The highest BCUT2D eigenvalue weighted by atomic mass is 19.4. The van der Waals surface area contributed by atoms with Crippen LogP contribution >= 0.6 is 0 Å². The quantitative estimate of drug-likeness (QED) is 0.872. The first-order valence-corrected chi connectivity index (χ1v) is 5.57. The molecular formula is C12H14F3N2O+. The van der Waals surface area contributed by atoms with Crippen LogP contribution in [0.5, 0.6) is 5.75 Å². The summed E-state index contributed by atoms with van der Waals surface area (Å²) in [6.07, 6.45) is -3.94. The highest BCUT2D eigenvalue weighted by molar-refractivity contribution is 5.86. The Kier molecular flexibility index (Phi) is 3.21. The largest absolute Gasteiger partial charge is 0.573 e. The first-order valence-electron chi connectivity index (χ1n) is 5.57. The lowest BCUT2D eigenvalue weighted by Gasteiger charge is -2.08. The number of nitrogens with one attached hydrogen (secondary N) is 1. The Morgan fingerprint density at radius 3 is 2.67 bits per heavy atom. The summed E-state index contributed by atoms with van der Waals surface area (Å²) in [6.45, 7) is 2.59. The van der Waals surface area contributed by atoms with Gasteiger partial charge in [0.15, 0.2) is 0 Å². The topological polar surface area (TPSA) is 52.7 Å². The van der Waals surface area contributed by atoms with E-state index in [1.807, 2.05) is 6.92 Å². The van der Waals surface area contributed by atoms with E-state index in [1.165, 1.54) is 12.1 Å². The zero-order valence-corrected chi connectivity index (χ0v) is 9.90. The van der Waals surface area contributed by atoms with Crippen molar-refractivity contribution in [1.29, 1.82) is 0 Å². The molecule has 0 aliphatic rings. The fraction of sp³-hybridized carbons (Fsp3) is 0.333. The smallest absolute Gasteiger partial charge is 0.406 e. The Balaban J connectivity index is 2.45. The summed E-state index contributed by atoms with van der Waals surface area (Å²) >= 11 is 0. The normalized spacial score (nSPS) is 12.1. The van der Waals surface area contributed by atoms with Gasteiger partial charge in [-0.15, -0.1) is 13.2 Å². The van der Waals surface area contributed by atoms with Gasteiger partial charge in [0.2, 0.25) is 0 Å². The van der Waals surface area contributed by atoms with Gasteiger partial charge in [-0.2, -0.15) is 0 Å². The molecule has 6 heteroatoms. The van der Waals surface area contributed by atoms with Gasteiger partial charge in [-0.3, -0.25) is 0 Å². The number of H-pyrrole nitrogens is 1. The second-order valence-electron chi connectivity index (χ2n) is 4.09. The number of hydrogen-bond acceptors (Lipinski definition) is 1. The molecule has 1 heterocycles. The first-order chi connectivity index (χ1) is 8.40. The number of quaternary nitrogens is 1. The molecule has 0 amide bonds. The van der Waals surface area contributed by atoms with Crippen molar-refractivity contribution in [3.8, 4) is 5.75 Å². The molecule has 2 rings (SSSR count). The number of halogens is 3. The number of fused-ring (bicyclic) bond motifs is 1.